The number of nitrogens with one attached hydrogen (secondary N) is 1. The van der Waals surface area contributed by atoms with Gasteiger partial charge in [-0.3, -0.25) is 0 Å². The SMILES string of the molecule is CCC(CC)C(C)NC1CCN(C(C)C)CC1. The molecule has 1 aliphatic heterocycles. The van der Waals surface area contributed by atoms with Gasteiger partial charge in [-0.25, -0.2) is 0 Å². The maximum Gasteiger partial charge on any atom is 0.00940 e. The van der Waals surface area contributed by atoms with E-state index in [1.54, 1.807) is 0 Å². The number of hydrogen-bond donors (Lipinski definition) is 1. The van der Waals surface area contributed by atoms with Crippen LogP contribution in [0.3, 0.4) is 0 Å². The number of hydrogen-bond acceptors (Lipinski definition) is 2. The molecule has 0 amide bonds. The van der Waals surface area contributed by atoms with Gasteiger partial charge in [-0.2, -0.15) is 0 Å². The highest BCUT2D eigenvalue weighted by Crippen LogP contribution is 2.17. The second kappa shape index (κ2) is 7.38. The van der Waals surface area contributed by atoms with E-state index in [4.69, 9.17) is 0 Å². The molecule has 1 unspecified atom stereocenters. The van der Waals surface area contributed by atoms with Gasteiger partial charge in [0.15, 0.2) is 0 Å². The number of nitrogens with zero attached hydrogens (tertiary/aromatic N) is 1. The van der Waals surface area contributed by atoms with Crippen LogP contribution >= 0.6 is 0 Å². The van der Waals surface area contributed by atoms with Crippen molar-refractivity contribution in [3.05, 3.63) is 0 Å². The Kier molecular flexibility index (Phi) is 6.50. The first-order valence-corrected chi connectivity index (χ1v) is 7.58. The maximum atomic E-state index is 3.85. The molecule has 0 bridgehead atoms. The minimum Gasteiger partial charge on any atom is -0.311 e. The Morgan fingerprint density at radius 1 is 1.06 bits per heavy atom. The summed E-state index contributed by atoms with van der Waals surface area (Å²) in [6.07, 6.45) is 5.25. The van der Waals surface area contributed by atoms with Crippen LogP contribution in [0.2, 0.25) is 0 Å². The Hall–Kier alpha value is -0.0800. The van der Waals surface area contributed by atoms with E-state index in [0.717, 1.165) is 12.0 Å². The Morgan fingerprint density at radius 2 is 1.59 bits per heavy atom. The van der Waals surface area contributed by atoms with E-state index in [9.17, 15) is 0 Å². The van der Waals surface area contributed by atoms with Gasteiger partial charge in [0, 0.05) is 18.1 Å². The van der Waals surface area contributed by atoms with Crippen molar-refractivity contribution in [2.24, 2.45) is 5.92 Å². The first-order valence-electron chi connectivity index (χ1n) is 7.58. The van der Waals surface area contributed by atoms with E-state index in [1.807, 2.05) is 0 Å². The lowest BCUT2D eigenvalue weighted by Crippen LogP contribution is -2.48. The molecule has 0 aromatic rings. The molecule has 2 heteroatoms. The summed E-state index contributed by atoms with van der Waals surface area (Å²) >= 11 is 0. The third-order valence-electron chi connectivity index (χ3n) is 4.51. The predicted molar refractivity (Wildman–Crippen MR) is 76.4 cm³/mol. The van der Waals surface area contributed by atoms with Crippen LogP contribution < -0.4 is 5.32 Å². The zero-order valence-corrected chi connectivity index (χ0v) is 12.5. The normalized spacial score (nSPS) is 21.4. The lowest BCUT2D eigenvalue weighted by atomic mass is 9.93. The van der Waals surface area contributed by atoms with Crippen molar-refractivity contribution < 1.29 is 0 Å². The second-order valence-corrected chi connectivity index (χ2v) is 5.94. The fourth-order valence-corrected chi connectivity index (χ4v) is 3.09. The molecule has 1 N–H and O–H groups in total. The van der Waals surface area contributed by atoms with Gasteiger partial charge in [0.05, 0.1) is 0 Å². The highest BCUT2D eigenvalue weighted by atomic mass is 15.2. The molecule has 0 radical (unpaired) electrons. The van der Waals surface area contributed by atoms with E-state index in [0.29, 0.717) is 12.1 Å². The molecule has 0 saturated carbocycles. The zero-order valence-electron chi connectivity index (χ0n) is 12.5. The molecule has 1 rings (SSSR count). The summed E-state index contributed by atoms with van der Waals surface area (Å²) in [5.74, 6) is 0.845. The highest BCUT2D eigenvalue weighted by Gasteiger charge is 2.23. The van der Waals surface area contributed by atoms with Crippen LogP contribution in [0.4, 0.5) is 0 Å². The molecule has 1 saturated heterocycles. The summed E-state index contributed by atoms with van der Waals surface area (Å²) in [5, 5.41) is 3.85. The maximum absolute atomic E-state index is 3.85. The number of rotatable bonds is 6. The summed E-state index contributed by atoms with van der Waals surface area (Å²) in [6, 6.07) is 2.15. The predicted octanol–water partition coefficient (Wildman–Crippen LogP) is 3.27. The molecule has 102 valence electrons. The van der Waals surface area contributed by atoms with Crippen LogP contribution in [-0.4, -0.2) is 36.1 Å². The van der Waals surface area contributed by atoms with Gasteiger partial charge in [-0.15, -0.1) is 0 Å². The topological polar surface area (TPSA) is 15.3 Å². The van der Waals surface area contributed by atoms with Crippen LogP contribution in [0.5, 0.6) is 0 Å². The number of likely N-dealkylation sites (tertiary alicyclic amines) is 1. The van der Waals surface area contributed by atoms with Crippen LogP contribution in [0.25, 0.3) is 0 Å². The van der Waals surface area contributed by atoms with Crippen molar-refractivity contribution in [3.8, 4) is 0 Å². The molecular weight excluding hydrogens is 208 g/mol. The van der Waals surface area contributed by atoms with E-state index < -0.39 is 0 Å². The summed E-state index contributed by atoms with van der Waals surface area (Å²) in [4.78, 5) is 2.60. The molecule has 17 heavy (non-hydrogen) atoms. The largest absolute Gasteiger partial charge is 0.311 e. The number of piperidine rings is 1. The third kappa shape index (κ3) is 4.59. The van der Waals surface area contributed by atoms with E-state index >= 15 is 0 Å². The first-order chi connectivity index (χ1) is 8.08. The monoisotopic (exact) mass is 240 g/mol. The van der Waals surface area contributed by atoms with E-state index in [1.165, 1.54) is 38.8 Å². The third-order valence-corrected chi connectivity index (χ3v) is 4.51. The fraction of sp³-hybridized carbons (Fsp3) is 1.00. The average Bonchev–Trinajstić information content (AvgIpc) is 2.31. The summed E-state index contributed by atoms with van der Waals surface area (Å²) in [5.41, 5.74) is 0. The molecular formula is C15H32N2. The van der Waals surface area contributed by atoms with Crippen molar-refractivity contribution in [1.82, 2.24) is 10.2 Å². The molecule has 1 aliphatic rings. The molecule has 1 heterocycles. The van der Waals surface area contributed by atoms with Gasteiger partial charge in [-0.1, -0.05) is 26.7 Å². The fourth-order valence-electron chi connectivity index (χ4n) is 3.09. The highest BCUT2D eigenvalue weighted by molar-refractivity contribution is 4.82. The summed E-state index contributed by atoms with van der Waals surface area (Å²) < 4.78 is 0. The minimum absolute atomic E-state index is 0.681. The Labute approximate surface area is 108 Å². The molecule has 0 aliphatic carbocycles. The smallest absolute Gasteiger partial charge is 0.00940 e. The second-order valence-electron chi connectivity index (χ2n) is 5.94. The molecule has 2 nitrogen and oxygen atoms in total. The van der Waals surface area contributed by atoms with E-state index in [2.05, 4.69) is 44.8 Å². The molecule has 0 aromatic heterocycles. The van der Waals surface area contributed by atoms with Crippen molar-refractivity contribution in [1.29, 1.82) is 0 Å². The molecule has 1 fully saturated rings. The molecule has 0 spiro atoms. The van der Waals surface area contributed by atoms with Crippen molar-refractivity contribution >= 4 is 0 Å². The summed E-state index contributed by atoms with van der Waals surface area (Å²) in [7, 11) is 0. The molecule has 1 atom stereocenters. The van der Waals surface area contributed by atoms with E-state index in [-0.39, 0.29) is 0 Å². The Balaban J connectivity index is 2.30. The van der Waals surface area contributed by atoms with Crippen LogP contribution in [0, 0.1) is 5.92 Å². The lowest BCUT2D eigenvalue weighted by molar-refractivity contribution is 0.151. The van der Waals surface area contributed by atoms with Crippen LogP contribution in [-0.2, 0) is 0 Å². The van der Waals surface area contributed by atoms with Gasteiger partial charge in [0.25, 0.3) is 0 Å². The van der Waals surface area contributed by atoms with Crippen LogP contribution in [0.15, 0.2) is 0 Å². The Morgan fingerprint density at radius 3 is 2.00 bits per heavy atom. The lowest BCUT2D eigenvalue weighted by Gasteiger charge is -2.37. The van der Waals surface area contributed by atoms with Gasteiger partial charge >= 0.3 is 0 Å². The zero-order chi connectivity index (χ0) is 12.8. The molecule has 0 aromatic carbocycles. The summed E-state index contributed by atoms with van der Waals surface area (Å²) in [6.45, 7) is 14.1. The van der Waals surface area contributed by atoms with Gasteiger partial charge < -0.3 is 10.2 Å². The van der Waals surface area contributed by atoms with Gasteiger partial charge in [0.2, 0.25) is 0 Å². The Bertz CT molecular complexity index is 191. The van der Waals surface area contributed by atoms with Crippen LogP contribution in [0.1, 0.15) is 60.3 Å². The van der Waals surface area contributed by atoms with Crippen molar-refractivity contribution in [2.45, 2.75) is 78.4 Å². The quantitative estimate of drug-likeness (QED) is 0.766. The minimum atomic E-state index is 0.681. The van der Waals surface area contributed by atoms with Gasteiger partial charge in [-0.05, 0) is 52.6 Å². The van der Waals surface area contributed by atoms with Crippen molar-refractivity contribution in [2.75, 3.05) is 13.1 Å². The standard InChI is InChI=1S/C15H32N2/c1-6-14(7-2)13(5)16-15-8-10-17(11-9-15)12(3)4/h12-16H,6-11H2,1-5H3. The van der Waals surface area contributed by atoms with Gasteiger partial charge in [0.1, 0.15) is 0 Å². The van der Waals surface area contributed by atoms with Crippen molar-refractivity contribution in [3.63, 3.8) is 0 Å². The first kappa shape index (κ1) is 15.0. The average molecular weight is 240 g/mol.